The van der Waals surface area contributed by atoms with Crippen molar-refractivity contribution in [1.82, 2.24) is 9.88 Å². The molecule has 164 valence electrons. The Labute approximate surface area is 192 Å². The van der Waals surface area contributed by atoms with E-state index in [0.29, 0.717) is 25.2 Å². The minimum atomic E-state index is -0.509. The number of thiophene rings is 1. The van der Waals surface area contributed by atoms with E-state index in [1.165, 1.54) is 34.1 Å². The Kier molecular flexibility index (Phi) is 5.05. The van der Waals surface area contributed by atoms with Crippen molar-refractivity contribution in [1.29, 1.82) is 0 Å². The molecule has 2 N–H and O–H groups in total. The highest BCUT2D eigenvalue weighted by atomic mass is 32.1. The van der Waals surface area contributed by atoms with E-state index in [2.05, 4.69) is 57.7 Å². The highest BCUT2D eigenvalue weighted by Gasteiger charge is 2.37. The summed E-state index contributed by atoms with van der Waals surface area (Å²) >= 11 is 1.80. The van der Waals surface area contributed by atoms with Gasteiger partial charge < -0.3 is 14.8 Å². The van der Waals surface area contributed by atoms with Gasteiger partial charge in [0.2, 0.25) is 0 Å². The number of ether oxygens (including phenoxy) is 1. The molecule has 32 heavy (non-hydrogen) atoms. The Morgan fingerprint density at radius 3 is 3.03 bits per heavy atom. The average molecular weight is 445 g/mol. The molecule has 2 aromatic carbocycles. The smallest absolute Gasteiger partial charge is 0.128 e. The first-order valence-electron chi connectivity index (χ1n) is 11.5. The van der Waals surface area contributed by atoms with E-state index in [4.69, 9.17) is 4.74 Å². The van der Waals surface area contributed by atoms with Gasteiger partial charge in [0.15, 0.2) is 0 Å². The first-order chi connectivity index (χ1) is 15.6. The molecule has 1 saturated heterocycles. The molecule has 0 aliphatic carbocycles. The molecular weight excluding hydrogens is 416 g/mol. The Balaban J connectivity index is 1.13. The van der Waals surface area contributed by atoms with Crippen LogP contribution < -0.4 is 4.74 Å². The first-order valence-corrected chi connectivity index (χ1v) is 12.4. The van der Waals surface area contributed by atoms with Gasteiger partial charge in [0.1, 0.15) is 18.5 Å². The molecule has 0 saturated carbocycles. The molecule has 0 spiro atoms. The zero-order valence-corrected chi connectivity index (χ0v) is 19.1. The third-order valence-electron chi connectivity index (χ3n) is 6.97. The number of H-pyrrole nitrogens is 1. The summed E-state index contributed by atoms with van der Waals surface area (Å²) in [5.41, 5.74) is 5.00. The Bertz CT molecular complexity index is 1300. The van der Waals surface area contributed by atoms with Crippen LogP contribution in [0.4, 0.5) is 0 Å². The van der Waals surface area contributed by atoms with E-state index in [9.17, 15) is 5.11 Å². The summed E-state index contributed by atoms with van der Waals surface area (Å²) < 4.78 is 7.39. The van der Waals surface area contributed by atoms with E-state index in [1.807, 2.05) is 19.1 Å². The Morgan fingerprint density at radius 1 is 1.19 bits per heavy atom. The molecule has 0 amide bonds. The summed E-state index contributed by atoms with van der Waals surface area (Å²) in [5, 5.41) is 15.4. The lowest BCUT2D eigenvalue weighted by Gasteiger charge is -2.35. The maximum Gasteiger partial charge on any atom is 0.128 e. The van der Waals surface area contributed by atoms with E-state index < -0.39 is 6.10 Å². The number of fused-ring (bicyclic) bond motifs is 4. The fourth-order valence-electron chi connectivity index (χ4n) is 5.46. The van der Waals surface area contributed by atoms with Crippen LogP contribution in [0.1, 0.15) is 30.5 Å². The van der Waals surface area contributed by atoms with Crippen LogP contribution in [0, 0.1) is 6.92 Å². The molecule has 3 atom stereocenters. The third kappa shape index (κ3) is 3.64. The van der Waals surface area contributed by atoms with E-state index in [-0.39, 0.29) is 0 Å². The van der Waals surface area contributed by atoms with Crippen molar-refractivity contribution in [2.75, 3.05) is 13.2 Å². The van der Waals surface area contributed by atoms with Crippen LogP contribution in [0.5, 0.6) is 5.75 Å². The number of nitrogens with one attached hydrogen (secondary N) is 1. The highest BCUT2D eigenvalue weighted by molar-refractivity contribution is 7.17. The quantitative estimate of drug-likeness (QED) is 0.398. The molecule has 5 heteroatoms. The van der Waals surface area contributed by atoms with Gasteiger partial charge in [-0.2, -0.15) is 0 Å². The minimum Gasteiger partial charge on any atom is -0.490 e. The van der Waals surface area contributed by atoms with E-state index in [0.717, 1.165) is 28.8 Å². The Morgan fingerprint density at radius 2 is 2.12 bits per heavy atom. The summed E-state index contributed by atoms with van der Waals surface area (Å²) in [7, 11) is 0. The first kappa shape index (κ1) is 20.0. The molecule has 2 aromatic heterocycles. The number of aliphatic hydroxyl groups excluding tert-OH is 1. The fraction of sp³-hybridized carbons (Fsp3) is 0.333. The van der Waals surface area contributed by atoms with Gasteiger partial charge in [-0.15, -0.1) is 11.3 Å². The van der Waals surface area contributed by atoms with Gasteiger partial charge in [0, 0.05) is 39.9 Å². The molecule has 4 nitrogen and oxygen atoms in total. The number of aryl methyl sites for hydroxylation is 1. The second-order valence-corrected chi connectivity index (χ2v) is 10.1. The lowest BCUT2D eigenvalue weighted by atomic mass is 9.94. The zero-order valence-electron chi connectivity index (χ0n) is 18.3. The lowest BCUT2D eigenvalue weighted by Crippen LogP contribution is -2.44. The summed E-state index contributed by atoms with van der Waals surface area (Å²) in [4.78, 5) is 5.83. The van der Waals surface area contributed by atoms with Crippen LogP contribution in [0.15, 0.2) is 60.0 Å². The molecule has 4 heterocycles. The molecule has 6 rings (SSSR count). The van der Waals surface area contributed by atoms with Crippen molar-refractivity contribution in [2.24, 2.45) is 0 Å². The largest absolute Gasteiger partial charge is 0.490 e. The molecule has 2 aliphatic rings. The zero-order chi connectivity index (χ0) is 21.7. The predicted octanol–water partition coefficient (Wildman–Crippen LogP) is 5.75. The van der Waals surface area contributed by atoms with E-state index in [1.54, 1.807) is 11.3 Å². The molecule has 3 unspecified atom stereocenters. The summed E-state index contributed by atoms with van der Waals surface area (Å²) in [6.07, 6.45) is 5.35. The van der Waals surface area contributed by atoms with Gasteiger partial charge in [-0.25, -0.2) is 0 Å². The standard InChI is InChI=1S/C27H28N2O2S/c1-17-11-24-25(28-17)3-2-4-26(24)31-16-23(30)15-29-21-6-7-22(29)14-20(13-21)18-5-8-27-19(12-18)9-10-32-27/h2-5,8-13,21-23,28,30H,6-7,14-16H2,1H3. The molecule has 1 fully saturated rings. The van der Waals surface area contributed by atoms with Gasteiger partial charge in [-0.1, -0.05) is 18.2 Å². The van der Waals surface area contributed by atoms with Gasteiger partial charge in [-0.3, -0.25) is 4.90 Å². The second kappa shape index (κ2) is 8.07. The number of aliphatic hydroxyl groups is 1. The van der Waals surface area contributed by atoms with Gasteiger partial charge >= 0.3 is 0 Å². The van der Waals surface area contributed by atoms with Crippen LogP contribution in [0.25, 0.3) is 26.6 Å². The van der Waals surface area contributed by atoms with Crippen molar-refractivity contribution in [3.63, 3.8) is 0 Å². The fourth-order valence-corrected chi connectivity index (χ4v) is 6.23. The van der Waals surface area contributed by atoms with Gasteiger partial charge in [0.25, 0.3) is 0 Å². The van der Waals surface area contributed by atoms with Crippen LogP contribution in [0.3, 0.4) is 0 Å². The lowest BCUT2D eigenvalue weighted by molar-refractivity contribution is 0.0551. The average Bonchev–Trinajstić information content (AvgIpc) is 3.46. The minimum absolute atomic E-state index is 0.310. The highest BCUT2D eigenvalue weighted by Crippen LogP contribution is 2.39. The number of aromatic nitrogens is 1. The van der Waals surface area contributed by atoms with Gasteiger partial charge in [-0.05, 0) is 84.5 Å². The van der Waals surface area contributed by atoms with Crippen LogP contribution >= 0.6 is 11.3 Å². The Hall–Kier alpha value is -2.60. The SMILES string of the molecule is Cc1cc2c(OCC(O)CN3C4C=C(c5ccc6sccc6c5)CC3CC4)cccc2[nH]1. The number of aromatic amines is 1. The normalized spacial score (nSPS) is 21.9. The monoisotopic (exact) mass is 444 g/mol. The van der Waals surface area contributed by atoms with Crippen molar-refractivity contribution in [3.05, 3.63) is 71.2 Å². The van der Waals surface area contributed by atoms with Gasteiger partial charge in [0.05, 0.1) is 0 Å². The summed E-state index contributed by atoms with van der Waals surface area (Å²) in [6, 6.07) is 18.1. The third-order valence-corrected chi connectivity index (χ3v) is 7.87. The summed E-state index contributed by atoms with van der Waals surface area (Å²) in [6.45, 7) is 3.01. The number of hydrogen-bond acceptors (Lipinski definition) is 4. The number of hydrogen-bond donors (Lipinski definition) is 2. The topological polar surface area (TPSA) is 48.5 Å². The van der Waals surface area contributed by atoms with Crippen molar-refractivity contribution in [3.8, 4) is 5.75 Å². The molecule has 2 bridgehead atoms. The van der Waals surface area contributed by atoms with Crippen molar-refractivity contribution < 1.29 is 9.84 Å². The maximum atomic E-state index is 10.8. The van der Waals surface area contributed by atoms with E-state index >= 15 is 0 Å². The van der Waals surface area contributed by atoms with Crippen LogP contribution in [0.2, 0.25) is 0 Å². The molecular formula is C27H28N2O2S. The number of rotatable bonds is 6. The predicted molar refractivity (Wildman–Crippen MR) is 132 cm³/mol. The van der Waals surface area contributed by atoms with Crippen molar-refractivity contribution in [2.45, 2.75) is 44.4 Å². The number of nitrogens with zero attached hydrogens (tertiary/aromatic N) is 1. The van der Waals surface area contributed by atoms with Crippen LogP contribution in [-0.2, 0) is 0 Å². The maximum absolute atomic E-state index is 10.8. The molecule has 2 aliphatic heterocycles. The van der Waals surface area contributed by atoms with Crippen LogP contribution in [-0.4, -0.2) is 46.3 Å². The number of benzene rings is 2. The second-order valence-electron chi connectivity index (χ2n) is 9.20. The molecule has 4 aromatic rings. The summed E-state index contributed by atoms with van der Waals surface area (Å²) in [5.74, 6) is 0.832. The van der Waals surface area contributed by atoms with Crippen molar-refractivity contribution >= 4 is 37.9 Å². The molecule has 0 radical (unpaired) electrons.